The second-order valence-corrected chi connectivity index (χ2v) is 7.18. The molecule has 0 unspecified atom stereocenters. The van der Waals surface area contributed by atoms with E-state index in [2.05, 4.69) is 25.7 Å². The first kappa shape index (κ1) is 12.4. The zero-order valence-electron chi connectivity index (χ0n) is 12.3. The third-order valence-electron chi connectivity index (χ3n) is 5.49. The third kappa shape index (κ3) is 1.47. The Morgan fingerprint density at radius 1 is 1.25 bits per heavy atom. The Labute approximate surface area is 119 Å². The molecule has 3 saturated heterocycles. The lowest BCUT2D eigenvalue weighted by atomic mass is 9.69. The predicted molar refractivity (Wildman–Crippen MR) is 76.5 cm³/mol. The van der Waals surface area contributed by atoms with Gasteiger partial charge in [-0.25, -0.2) is 0 Å². The van der Waals surface area contributed by atoms with Crippen LogP contribution in [0.15, 0.2) is 30.3 Å². The Morgan fingerprint density at radius 3 is 2.60 bits per heavy atom. The fourth-order valence-electron chi connectivity index (χ4n) is 4.62. The van der Waals surface area contributed by atoms with Crippen LogP contribution in [-0.4, -0.2) is 34.1 Å². The average Bonchev–Trinajstić information content (AvgIpc) is 3.14. The summed E-state index contributed by atoms with van der Waals surface area (Å²) < 4.78 is 6.34. The topological polar surface area (TPSA) is 29.3 Å². The molecule has 0 radical (unpaired) electrons. The Bertz CT molecular complexity index is 568. The van der Waals surface area contributed by atoms with Gasteiger partial charge >= 0.3 is 0 Å². The van der Waals surface area contributed by atoms with Crippen molar-refractivity contribution >= 4 is 5.91 Å². The van der Waals surface area contributed by atoms with Gasteiger partial charge in [-0.1, -0.05) is 18.2 Å². The largest absolute Gasteiger partial charge is 0.367 e. The number of rotatable bonds is 1. The van der Waals surface area contributed by atoms with Crippen molar-refractivity contribution in [2.24, 2.45) is 5.92 Å². The second kappa shape index (κ2) is 3.64. The summed E-state index contributed by atoms with van der Waals surface area (Å²) in [5.74, 6) is 0.641. The number of likely N-dealkylation sites (tertiary alicyclic amines) is 1. The summed E-state index contributed by atoms with van der Waals surface area (Å²) in [5, 5.41) is 0. The minimum absolute atomic E-state index is 0.111. The van der Waals surface area contributed by atoms with E-state index in [1.807, 2.05) is 30.3 Å². The Hall–Kier alpha value is -1.35. The third-order valence-corrected chi connectivity index (χ3v) is 5.49. The number of carbonyl (C=O) groups excluding carboxylic acids is 1. The van der Waals surface area contributed by atoms with Crippen molar-refractivity contribution in [3.8, 4) is 0 Å². The lowest BCUT2D eigenvalue weighted by Crippen LogP contribution is -2.58. The maximum absolute atomic E-state index is 12.7. The van der Waals surface area contributed by atoms with E-state index in [9.17, 15) is 4.79 Å². The maximum atomic E-state index is 12.7. The monoisotopic (exact) mass is 271 g/mol. The van der Waals surface area contributed by atoms with Gasteiger partial charge in [-0.05, 0) is 45.7 Å². The van der Waals surface area contributed by atoms with Crippen molar-refractivity contribution in [2.75, 3.05) is 0 Å². The van der Waals surface area contributed by atoms with Gasteiger partial charge in [-0.15, -0.1) is 0 Å². The summed E-state index contributed by atoms with van der Waals surface area (Å²) in [5.41, 5.74) is 0.524. The van der Waals surface area contributed by atoms with Crippen LogP contribution < -0.4 is 0 Å². The van der Waals surface area contributed by atoms with Crippen molar-refractivity contribution in [3.63, 3.8) is 0 Å². The molecular weight excluding hydrogens is 250 g/mol. The van der Waals surface area contributed by atoms with Crippen LogP contribution in [0.25, 0.3) is 0 Å². The molecule has 1 aliphatic carbocycles. The lowest BCUT2D eigenvalue weighted by molar-refractivity contribution is -0.214. The molecular formula is C17H21NO2. The van der Waals surface area contributed by atoms with Crippen molar-refractivity contribution in [1.82, 2.24) is 4.90 Å². The molecule has 5 rings (SSSR count). The minimum atomic E-state index is -0.159. The number of hydrogen-bond donors (Lipinski definition) is 0. The van der Waals surface area contributed by atoms with Crippen LogP contribution in [0.5, 0.6) is 0 Å². The Kier molecular flexibility index (Phi) is 2.26. The van der Waals surface area contributed by atoms with Gasteiger partial charge in [0, 0.05) is 11.5 Å². The fourth-order valence-corrected chi connectivity index (χ4v) is 4.62. The van der Waals surface area contributed by atoms with E-state index in [1.165, 1.54) is 6.42 Å². The van der Waals surface area contributed by atoms with Gasteiger partial charge in [0.2, 0.25) is 0 Å². The Balaban J connectivity index is 1.67. The van der Waals surface area contributed by atoms with Crippen LogP contribution in [0, 0.1) is 5.92 Å². The number of carbonyl (C=O) groups is 1. The van der Waals surface area contributed by atoms with Gasteiger partial charge < -0.3 is 9.64 Å². The molecule has 1 amide bonds. The quantitative estimate of drug-likeness (QED) is 0.735. The highest BCUT2D eigenvalue weighted by molar-refractivity contribution is 5.96. The lowest BCUT2D eigenvalue weighted by Gasteiger charge is -2.51. The van der Waals surface area contributed by atoms with Crippen LogP contribution in [-0.2, 0) is 4.74 Å². The summed E-state index contributed by atoms with van der Waals surface area (Å²) in [6.45, 7) is 6.53. The molecule has 2 bridgehead atoms. The van der Waals surface area contributed by atoms with E-state index in [-0.39, 0.29) is 23.2 Å². The first-order valence-corrected chi connectivity index (χ1v) is 7.52. The number of nitrogens with zero attached hydrogens (tertiary/aromatic N) is 1. The van der Waals surface area contributed by atoms with Gasteiger partial charge in [0.15, 0.2) is 0 Å². The molecule has 20 heavy (non-hydrogen) atoms. The highest BCUT2D eigenvalue weighted by atomic mass is 16.5. The fraction of sp³-hybridized carbons (Fsp3) is 0.588. The van der Waals surface area contributed by atoms with Crippen molar-refractivity contribution in [1.29, 1.82) is 0 Å². The van der Waals surface area contributed by atoms with Gasteiger partial charge in [0.1, 0.15) is 0 Å². The molecule has 0 aromatic heterocycles. The SMILES string of the molecule is CC1(C)O[C@@]2(C)CC[C@H]1[C@@H]1[C@@H]2N1C(=O)c1ccccc1. The Morgan fingerprint density at radius 2 is 1.95 bits per heavy atom. The summed E-state index contributed by atoms with van der Waals surface area (Å²) in [7, 11) is 0. The number of ether oxygens (including phenoxy) is 1. The normalized spacial score (nSPS) is 40.4. The van der Waals surface area contributed by atoms with Gasteiger partial charge in [0.05, 0.1) is 23.3 Å². The first-order chi connectivity index (χ1) is 9.44. The standard InChI is InChI=1S/C17H21NO2/c1-16(2)12-9-10-17(3,20-16)14-13(12)18(14)15(19)11-7-5-4-6-8-11/h4-8,12-14H,9-10H2,1-3H3/t12-,13+,14-,17-,18?/m0/s1. The zero-order chi connectivity index (χ0) is 14.1. The average molecular weight is 271 g/mol. The molecule has 3 nitrogen and oxygen atoms in total. The summed E-state index contributed by atoms with van der Waals surface area (Å²) in [6, 6.07) is 10.3. The molecule has 1 saturated carbocycles. The zero-order valence-corrected chi connectivity index (χ0v) is 12.3. The first-order valence-electron chi connectivity index (χ1n) is 7.52. The number of benzene rings is 1. The van der Waals surface area contributed by atoms with Gasteiger partial charge in [0.25, 0.3) is 5.91 Å². The molecule has 4 fully saturated rings. The second-order valence-electron chi connectivity index (χ2n) is 7.18. The number of fused-ring (bicyclic) bond motifs is 2. The van der Waals surface area contributed by atoms with Crippen molar-refractivity contribution < 1.29 is 9.53 Å². The molecule has 3 aliphatic heterocycles. The molecule has 0 spiro atoms. The number of amides is 1. The summed E-state index contributed by atoms with van der Waals surface area (Å²) in [4.78, 5) is 14.8. The highest BCUT2D eigenvalue weighted by Crippen LogP contribution is 2.60. The van der Waals surface area contributed by atoms with E-state index >= 15 is 0 Å². The molecule has 4 aliphatic rings. The van der Waals surface area contributed by atoms with E-state index in [0.29, 0.717) is 12.0 Å². The molecule has 0 N–H and O–H groups in total. The van der Waals surface area contributed by atoms with E-state index in [0.717, 1.165) is 12.0 Å². The molecule has 1 aromatic carbocycles. The predicted octanol–water partition coefficient (Wildman–Crippen LogP) is 2.86. The summed E-state index contributed by atoms with van der Waals surface area (Å²) in [6.07, 6.45) is 2.24. The minimum Gasteiger partial charge on any atom is -0.367 e. The highest BCUT2D eigenvalue weighted by Gasteiger charge is 2.72. The smallest absolute Gasteiger partial charge is 0.254 e. The van der Waals surface area contributed by atoms with Crippen LogP contribution in [0.3, 0.4) is 0 Å². The van der Waals surface area contributed by atoms with E-state index < -0.39 is 0 Å². The van der Waals surface area contributed by atoms with Gasteiger partial charge in [-0.2, -0.15) is 0 Å². The van der Waals surface area contributed by atoms with Crippen LogP contribution in [0.1, 0.15) is 44.0 Å². The van der Waals surface area contributed by atoms with Crippen molar-refractivity contribution in [3.05, 3.63) is 35.9 Å². The molecule has 3 heteroatoms. The molecule has 1 aromatic rings. The van der Waals surface area contributed by atoms with Crippen LogP contribution in [0.4, 0.5) is 0 Å². The maximum Gasteiger partial charge on any atom is 0.254 e. The van der Waals surface area contributed by atoms with Gasteiger partial charge in [-0.3, -0.25) is 4.79 Å². The molecule has 4 atom stereocenters. The van der Waals surface area contributed by atoms with Crippen LogP contribution in [0.2, 0.25) is 0 Å². The number of hydrogen-bond acceptors (Lipinski definition) is 2. The van der Waals surface area contributed by atoms with E-state index in [1.54, 1.807) is 0 Å². The van der Waals surface area contributed by atoms with Crippen molar-refractivity contribution in [2.45, 2.75) is 56.9 Å². The van der Waals surface area contributed by atoms with E-state index in [4.69, 9.17) is 4.74 Å². The molecule has 106 valence electrons. The van der Waals surface area contributed by atoms with Crippen LogP contribution >= 0.6 is 0 Å². The summed E-state index contributed by atoms with van der Waals surface area (Å²) >= 11 is 0. The molecule has 3 heterocycles.